The average Bonchev–Trinajstić information content (AvgIpc) is 2.46. The van der Waals surface area contributed by atoms with E-state index in [4.69, 9.17) is 11.6 Å². The van der Waals surface area contributed by atoms with E-state index in [1.54, 1.807) is 0 Å². The Labute approximate surface area is 112 Å². The quantitative estimate of drug-likeness (QED) is 0.586. The molecule has 2 heteroatoms. The molecule has 0 fully saturated rings. The summed E-state index contributed by atoms with van der Waals surface area (Å²) >= 11 is 6.24. The van der Waals surface area contributed by atoms with Crippen LogP contribution in [0.2, 0.25) is 0 Å². The monoisotopic (exact) mass is 258 g/mol. The van der Waals surface area contributed by atoms with Gasteiger partial charge in [-0.3, -0.25) is 4.79 Å². The van der Waals surface area contributed by atoms with Crippen molar-refractivity contribution in [3.8, 4) is 0 Å². The molecule has 1 nitrogen and oxygen atoms in total. The minimum atomic E-state index is -0.613. The van der Waals surface area contributed by atoms with Crippen LogP contribution in [0.5, 0.6) is 0 Å². The van der Waals surface area contributed by atoms with Gasteiger partial charge in [-0.25, -0.2) is 0 Å². The molecule has 0 saturated heterocycles. The smallest absolute Gasteiger partial charge is 0.185 e. The molecule has 0 aromatic heterocycles. The maximum atomic E-state index is 12.3. The van der Waals surface area contributed by atoms with Crippen molar-refractivity contribution < 1.29 is 4.79 Å². The number of rotatable bonds is 4. The van der Waals surface area contributed by atoms with Gasteiger partial charge in [-0.2, -0.15) is 0 Å². The lowest BCUT2D eigenvalue weighted by Gasteiger charge is -2.09. The number of benzene rings is 2. The van der Waals surface area contributed by atoms with Crippen LogP contribution in [0.3, 0.4) is 0 Å². The maximum absolute atomic E-state index is 12.3. The van der Waals surface area contributed by atoms with Crippen molar-refractivity contribution in [3.05, 3.63) is 71.3 Å². The summed E-state index contributed by atoms with van der Waals surface area (Å²) < 4.78 is 0. The fraction of sp³-hybridized carbons (Fsp3) is 0.188. The molecule has 0 spiro atoms. The van der Waals surface area contributed by atoms with Gasteiger partial charge in [0.05, 0.1) is 0 Å². The first kappa shape index (κ1) is 12.8. The first-order valence-electron chi connectivity index (χ1n) is 6.04. The molecule has 0 bridgehead atoms. The summed E-state index contributed by atoms with van der Waals surface area (Å²) in [6.07, 6.45) is 0.916. The number of carbonyl (C=O) groups excluding carboxylic acids is 1. The van der Waals surface area contributed by atoms with Crippen molar-refractivity contribution in [2.75, 3.05) is 0 Å². The predicted octanol–water partition coefficient (Wildman–Crippen LogP) is 4.41. The highest BCUT2D eigenvalue weighted by Gasteiger charge is 2.19. The normalized spacial score (nSPS) is 12.1. The van der Waals surface area contributed by atoms with Gasteiger partial charge in [0.1, 0.15) is 5.38 Å². The standard InChI is InChI=1S/C16H15ClO/c1-2-12-7-6-10-14(11-12)16(18)15(17)13-8-4-3-5-9-13/h3-11,15H,2H2,1H3. The number of hydrogen-bond donors (Lipinski definition) is 0. The zero-order chi connectivity index (χ0) is 13.0. The molecule has 0 aliphatic carbocycles. The van der Waals surface area contributed by atoms with Crippen LogP contribution in [0.4, 0.5) is 0 Å². The number of Topliss-reactive ketones (excluding diaryl/α,β-unsaturated/α-hetero) is 1. The number of ketones is 1. The third kappa shape index (κ3) is 2.80. The SMILES string of the molecule is CCc1cccc(C(=O)C(Cl)c2ccccc2)c1. The van der Waals surface area contributed by atoms with E-state index in [2.05, 4.69) is 6.92 Å². The van der Waals surface area contributed by atoms with E-state index in [0.29, 0.717) is 5.56 Å². The van der Waals surface area contributed by atoms with Crippen LogP contribution in [-0.2, 0) is 6.42 Å². The molecular weight excluding hydrogens is 244 g/mol. The van der Waals surface area contributed by atoms with Gasteiger partial charge in [0.15, 0.2) is 5.78 Å². The van der Waals surface area contributed by atoms with Gasteiger partial charge < -0.3 is 0 Å². The zero-order valence-corrected chi connectivity index (χ0v) is 11.0. The molecule has 18 heavy (non-hydrogen) atoms. The Kier molecular flexibility index (Phi) is 4.16. The van der Waals surface area contributed by atoms with E-state index in [9.17, 15) is 4.79 Å². The van der Waals surface area contributed by atoms with Gasteiger partial charge in [-0.1, -0.05) is 55.5 Å². The Morgan fingerprint density at radius 2 is 1.83 bits per heavy atom. The van der Waals surface area contributed by atoms with Crippen LogP contribution in [0.1, 0.15) is 33.8 Å². The number of carbonyl (C=O) groups is 1. The van der Waals surface area contributed by atoms with E-state index in [-0.39, 0.29) is 5.78 Å². The molecule has 1 unspecified atom stereocenters. The molecule has 2 rings (SSSR count). The van der Waals surface area contributed by atoms with E-state index in [1.165, 1.54) is 0 Å². The molecule has 0 N–H and O–H groups in total. The summed E-state index contributed by atoms with van der Waals surface area (Å²) in [6, 6.07) is 17.1. The predicted molar refractivity (Wildman–Crippen MR) is 75.2 cm³/mol. The molecule has 0 aliphatic rings. The third-order valence-corrected chi connectivity index (χ3v) is 3.39. The van der Waals surface area contributed by atoms with Crippen LogP contribution < -0.4 is 0 Å². The summed E-state index contributed by atoms with van der Waals surface area (Å²) in [5.41, 5.74) is 2.67. The van der Waals surface area contributed by atoms with Gasteiger partial charge >= 0.3 is 0 Å². The lowest BCUT2D eigenvalue weighted by atomic mass is 10.0. The minimum Gasteiger partial charge on any atom is -0.292 e. The molecule has 92 valence electrons. The van der Waals surface area contributed by atoms with Crippen LogP contribution in [0, 0.1) is 0 Å². The van der Waals surface area contributed by atoms with Gasteiger partial charge in [-0.15, -0.1) is 11.6 Å². The van der Waals surface area contributed by atoms with Gasteiger partial charge in [0.25, 0.3) is 0 Å². The first-order valence-corrected chi connectivity index (χ1v) is 6.48. The Morgan fingerprint density at radius 3 is 2.50 bits per heavy atom. The fourth-order valence-electron chi connectivity index (χ4n) is 1.86. The molecule has 0 aliphatic heterocycles. The van der Waals surface area contributed by atoms with E-state index in [1.807, 2.05) is 54.6 Å². The van der Waals surface area contributed by atoms with Crippen molar-refractivity contribution >= 4 is 17.4 Å². The molecule has 0 heterocycles. The summed E-state index contributed by atoms with van der Waals surface area (Å²) in [5, 5.41) is -0.613. The van der Waals surface area contributed by atoms with Gasteiger partial charge in [0, 0.05) is 5.56 Å². The van der Waals surface area contributed by atoms with Crippen molar-refractivity contribution in [2.24, 2.45) is 0 Å². The summed E-state index contributed by atoms with van der Waals surface area (Å²) in [6.45, 7) is 2.07. The molecule has 0 radical (unpaired) electrons. The number of aryl methyl sites for hydroxylation is 1. The van der Waals surface area contributed by atoms with Crippen LogP contribution in [0.25, 0.3) is 0 Å². The maximum Gasteiger partial charge on any atom is 0.185 e. The summed E-state index contributed by atoms with van der Waals surface area (Å²) in [5.74, 6) is -0.0434. The Morgan fingerprint density at radius 1 is 1.11 bits per heavy atom. The van der Waals surface area contributed by atoms with Gasteiger partial charge in [0.2, 0.25) is 0 Å². The van der Waals surface area contributed by atoms with E-state index in [0.717, 1.165) is 17.5 Å². The molecule has 1 atom stereocenters. The van der Waals surface area contributed by atoms with Gasteiger partial charge in [-0.05, 0) is 23.6 Å². The largest absolute Gasteiger partial charge is 0.292 e. The lowest BCUT2D eigenvalue weighted by Crippen LogP contribution is -2.07. The molecule has 2 aromatic rings. The van der Waals surface area contributed by atoms with Crippen molar-refractivity contribution in [1.82, 2.24) is 0 Å². The second-order valence-electron chi connectivity index (χ2n) is 4.19. The van der Waals surface area contributed by atoms with Crippen LogP contribution >= 0.6 is 11.6 Å². The second kappa shape index (κ2) is 5.83. The fourth-order valence-corrected chi connectivity index (χ4v) is 2.14. The minimum absolute atomic E-state index is 0.0434. The highest BCUT2D eigenvalue weighted by molar-refractivity contribution is 6.33. The first-order chi connectivity index (χ1) is 8.72. The van der Waals surface area contributed by atoms with E-state index >= 15 is 0 Å². The number of halogens is 1. The Hall–Kier alpha value is -1.60. The number of alkyl halides is 1. The summed E-state index contributed by atoms with van der Waals surface area (Å²) in [7, 11) is 0. The lowest BCUT2D eigenvalue weighted by molar-refractivity contribution is 0.0987. The molecule has 0 saturated carbocycles. The third-order valence-electron chi connectivity index (χ3n) is 2.94. The highest BCUT2D eigenvalue weighted by atomic mass is 35.5. The average molecular weight is 259 g/mol. The highest BCUT2D eigenvalue weighted by Crippen LogP contribution is 2.25. The van der Waals surface area contributed by atoms with Crippen molar-refractivity contribution in [2.45, 2.75) is 18.7 Å². The number of hydrogen-bond acceptors (Lipinski definition) is 1. The second-order valence-corrected chi connectivity index (χ2v) is 4.63. The van der Waals surface area contributed by atoms with E-state index < -0.39 is 5.38 Å². The van der Waals surface area contributed by atoms with Crippen LogP contribution in [-0.4, -0.2) is 5.78 Å². The molecular formula is C16H15ClO. The van der Waals surface area contributed by atoms with Crippen molar-refractivity contribution in [3.63, 3.8) is 0 Å². The molecule has 2 aromatic carbocycles. The topological polar surface area (TPSA) is 17.1 Å². The Bertz CT molecular complexity index is 534. The zero-order valence-electron chi connectivity index (χ0n) is 10.3. The Balaban J connectivity index is 2.25. The summed E-state index contributed by atoms with van der Waals surface area (Å²) in [4.78, 5) is 12.3. The van der Waals surface area contributed by atoms with Crippen molar-refractivity contribution in [1.29, 1.82) is 0 Å². The molecule has 0 amide bonds. The van der Waals surface area contributed by atoms with Crippen LogP contribution in [0.15, 0.2) is 54.6 Å².